The van der Waals surface area contributed by atoms with Crippen LogP contribution in [0, 0.1) is 0 Å². The van der Waals surface area contributed by atoms with Crippen molar-refractivity contribution in [2.45, 2.75) is 32.5 Å². The average molecular weight is 258 g/mol. The monoisotopic (exact) mass is 258 g/mol. The maximum atomic E-state index is 12.5. The largest absolute Gasteiger partial charge is 0.516 e. The van der Waals surface area contributed by atoms with Crippen molar-refractivity contribution < 1.29 is 23.0 Å². The molecule has 0 fully saturated rings. The fourth-order valence-electron chi connectivity index (χ4n) is 1.28. The third kappa shape index (κ3) is 4.31. The van der Waals surface area contributed by atoms with E-state index in [0.29, 0.717) is 0 Å². The SMILES string of the molecule is CC(C)(C)c1cccc(OC(=O)OC(F)CF)c1. The Hall–Kier alpha value is -1.65. The molecule has 0 aliphatic carbocycles. The molecule has 0 aliphatic heterocycles. The summed E-state index contributed by atoms with van der Waals surface area (Å²) < 4.78 is 33.0. The van der Waals surface area contributed by atoms with Gasteiger partial charge in [0.1, 0.15) is 5.75 Å². The second kappa shape index (κ2) is 5.80. The number of ether oxygens (including phenoxy) is 2. The molecule has 0 N–H and O–H groups in total. The highest BCUT2D eigenvalue weighted by Gasteiger charge is 2.17. The Bertz CT molecular complexity index is 413. The van der Waals surface area contributed by atoms with Gasteiger partial charge in [-0.1, -0.05) is 32.9 Å². The first-order valence-electron chi connectivity index (χ1n) is 5.52. The van der Waals surface area contributed by atoms with E-state index in [0.717, 1.165) is 5.56 Å². The third-order valence-corrected chi connectivity index (χ3v) is 2.25. The highest BCUT2D eigenvalue weighted by atomic mass is 19.2. The first-order valence-corrected chi connectivity index (χ1v) is 5.52. The van der Waals surface area contributed by atoms with Gasteiger partial charge >= 0.3 is 6.16 Å². The topological polar surface area (TPSA) is 35.5 Å². The fourth-order valence-corrected chi connectivity index (χ4v) is 1.28. The molecular weight excluding hydrogens is 242 g/mol. The molecular formula is C13H16F2O3. The minimum atomic E-state index is -2.29. The molecule has 5 heteroatoms. The predicted molar refractivity (Wildman–Crippen MR) is 63.1 cm³/mol. The molecule has 18 heavy (non-hydrogen) atoms. The maximum Gasteiger partial charge on any atom is 0.516 e. The van der Waals surface area contributed by atoms with E-state index in [1.54, 1.807) is 18.2 Å². The van der Waals surface area contributed by atoms with E-state index in [1.807, 2.05) is 26.8 Å². The van der Waals surface area contributed by atoms with Gasteiger partial charge < -0.3 is 9.47 Å². The van der Waals surface area contributed by atoms with Crippen LogP contribution in [0.3, 0.4) is 0 Å². The highest BCUT2D eigenvalue weighted by Crippen LogP contribution is 2.25. The quantitative estimate of drug-likeness (QED) is 0.611. The Labute approximate surface area is 105 Å². The van der Waals surface area contributed by atoms with E-state index < -0.39 is 19.2 Å². The zero-order chi connectivity index (χ0) is 13.8. The fraction of sp³-hybridized carbons (Fsp3) is 0.462. The van der Waals surface area contributed by atoms with Crippen LogP contribution in [0.1, 0.15) is 26.3 Å². The molecule has 1 aromatic carbocycles. The first-order chi connectivity index (χ1) is 8.32. The molecule has 1 unspecified atom stereocenters. The summed E-state index contributed by atoms with van der Waals surface area (Å²) in [6.45, 7) is 4.62. The van der Waals surface area contributed by atoms with Crippen molar-refractivity contribution in [3.05, 3.63) is 29.8 Å². The number of hydrogen-bond acceptors (Lipinski definition) is 3. The van der Waals surface area contributed by atoms with E-state index in [9.17, 15) is 13.6 Å². The molecule has 0 radical (unpaired) electrons. The lowest BCUT2D eigenvalue weighted by Crippen LogP contribution is -2.19. The molecule has 0 saturated heterocycles. The number of halogens is 2. The van der Waals surface area contributed by atoms with Gasteiger partial charge in [-0.15, -0.1) is 0 Å². The lowest BCUT2D eigenvalue weighted by atomic mass is 9.87. The van der Waals surface area contributed by atoms with Crippen LogP contribution in [0.2, 0.25) is 0 Å². The van der Waals surface area contributed by atoms with E-state index >= 15 is 0 Å². The summed E-state index contributed by atoms with van der Waals surface area (Å²) in [7, 11) is 0. The zero-order valence-electron chi connectivity index (χ0n) is 10.6. The number of rotatable bonds is 3. The lowest BCUT2D eigenvalue weighted by Gasteiger charge is -2.19. The number of benzene rings is 1. The van der Waals surface area contributed by atoms with Crippen molar-refractivity contribution >= 4 is 6.16 Å². The Kier molecular flexibility index (Phi) is 4.64. The Morgan fingerprint density at radius 2 is 2.06 bits per heavy atom. The molecule has 0 aromatic heterocycles. The lowest BCUT2D eigenvalue weighted by molar-refractivity contribution is -0.0231. The van der Waals surface area contributed by atoms with Crippen molar-refractivity contribution in [1.82, 2.24) is 0 Å². The van der Waals surface area contributed by atoms with Crippen molar-refractivity contribution in [3.63, 3.8) is 0 Å². The minimum Gasteiger partial charge on any atom is -0.396 e. The van der Waals surface area contributed by atoms with Crippen molar-refractivity contribution in [2.24, 2.45) is 0 Å². The van der Waals surface area contributed by atoms with Gasteiger partial charge in [0.2, 0.25) is 0 Å². The molecule has 0 bridgehead atoms. The summed E-state index contributed by atoms with van der Waals surface area (Å²) in [4.78, 5) is 11.1. The molecule has 0 amide bonds. The maximum absolute atomic E-state index is 12.5. The molecule has 0 heterocycles. The zero-order valence-corrected chi connectivity index (χ0v) is 10.6. The van der Waals surface area contributed by atoms with Gasteiger partial charge in [0.25, 0.3) is 6.36 Å². The Morgan fingerprint density at radius 3 is 2.61 bits per heavy atom. The van der Waals surface area contributed by atoms with E-state index in [2.05, 4.69) is 4.74 Å². The van der Waals surface area contributed by atoms with Gasteiger partial charge in [-0.25, -0.2) is 9.18 Å². The standard InChI is InChI=1S/C13H16F2O3/c1-13(2,3)9-5-4-6-10(7-9)17-12(16)18-11(15)8-14/h4-7,11H,8H2,1-3H3. The van der Waals surface area contributed by atoms with Crippen LogP contribution in [-0.4, -0.2) is 19.2 Å². The molecule has 0 saturated carbocycles. The first kappa shape index (κ1) is 14.4. The van der Waals surface area contributed by atoms with E-state index in [1.165, 1.54) is 0 Å². The molecule has 0 aliphatic rings. The van der Waals surface area contributed by atoms with Gasteiger partial charge in [-0.3, -0.25) is 0 Å². The molecule has 100 valence electrons. The van der Waals surface area contributed by atoms with Crippen LogP contribution in [0.5, 0.6) is 5.75 Å². The number of alkyl halides is 2. The minimum absolute atomic E-state index is 0.106. The van der Waals surface area contributed by atoms with Crippen molar-refractivity contribution in [3.8, 4) is 5.75 Å². The van der Waals surface area contributed by atoms with Crippen LogP contribution in [0.25, 0.3) is 0 Å². The predicted octanol–water partition coefficient (Wildman–Crippen LogP) is 3.76. The highest BCUT2D eigenvalue weighted by molar-refractivity contribution is 5.64. The third-order valence-electron chi connectivity index (χ3n) is 2.25. The van der Waals surface area contributed by atoms with Crippen molar-refractivity contribution in [2.75, 3.05) is 6.67 Å². The molecule has 0 spiro atoms. The summed E-state index contributed by atoms with van der Waals surface area (Å²) in [5, 5.41) is 0. The van der Waals surface area contributed by atoms with Gasteiger partial charge in [0.05, 0.1) is 0 Å². The van der Waals surface area contributed by atoms with Crippen LogP contribution in [-0.2, 0) is 10.2 Å². The molecule has 1 rings (SSSR count). The number of hydrogen-bond donors (Lipinski definition) is 0. The van der Waals surface area contributed by atoms with E-state index in [-0.39, 0.29) is 11.2 Å². The van der Waals surface area contributed by atoms with Crippen LogP contribution < -0.4 is 4.74 Å². The smallest absolute Gasteiger partial charge is 0.396 e. The second-order valence-corrected chi connectivity index (χ2v) is 4.81. The molecule has 1 atom stereocenters. The average Bonchev–Trinajstić information content (AvgIpc) is 2.27. The summed E-state index contributed by atoms with van der Waals surface area (Å²) in [6, 6.07) is 6.80. The summed E-state index contributed by atoms with van der Waals surface area (Å²) >= 11 is 0. The van der Waals surface area contributed by atoms with E-state index in [4.69, 9.17) is 4.74 Å². The molecule has 1 aromatic rings. The number of carbonyl (C=O) groups is 1. The normalized spacial score (nSPS) is 12.9. The molecule has 3 nitrogen and oxygen atoms in total. The van der Waals surface area contributed by atoms with Gasteiger partial charge in [-0.05, 0) is 23.1 Å². The van der Waals surface area contributed by atoms with Gasteiger partial charge in [0.15, 0.2) is 6.67 Å². The van der Waals surface area contributed by atoms with Crippen LogP contribution in [0.15, 0.2) is 24.3 Å². The van der Waals surface area contributed by atoms with Gasteiger partial charge in [-0.2, -0.15) is 4.39 Å². The Morgan fingerprint density at radius 1 is 1.39 bits per heavy atom. The summed E-state index contributed by atoms with van der Waals surface area (Å²) in [6.07, 6.45) is -3.55. The van der Waals surface area contributed by atoms with Crippen molar-refractivity contribution in [1.29, 1.82) is 0 Å². The van der Waals surface area contributed by atoms with Gasteiger partial charge in [0, 0.05) is 0 Å². The Balaban J connectivity index is 2.71. The number of carbonyl (C=O) groups excluding carboxylic acids is 1. The van der Waals surface area contributed by atoms with Crippen LogP contribution >= 0.6 is 0 Å². The second-order valence-electron chi connectivity index (χ2n) is 4.81. The summed E-state index contributed by atoms with van der Waals surface area (Å²) in [5.74, 6) is 0.235. The summed E-state index contributed by atoms with van der Waals surface area (Å²) in [5.41, 5.74) is 0.847. The van der Waals surface area contributed by atoms with Crippen LogP contribution in [0.4, 0.5) is 13.6 Å².